The molecule has 29 heavy (non-hydrogen) atoms. The normalized spacial score (nSPS) is 14.6. The fourth-order valence-electron chi connectivity index (χ4n) is 2.84. The monoisotopic (exact) mass is 399 g/mol. The van der Waals surface area contributed by atoms with E-state index in [-0.39, 0.29) is 11.6 Å². The minimum atomic E-state index is -1.09. The number of rotatable bonds is 8. The number of hydrogen-bond donors (Lipinski definition) is 3. The lowest BCUT2D eigenvalue weighted by Gasteiger charge is -2.29. The molecule has 0 radical (unpaired) electrons. The molecule has 2 aromatic rings. The highest BCUT2D eigenvalue weighted by Gasteiger charge is 2.34. The Morgan fingerprint density at radius 3 is 2.31 bits per heavy atom. The van der Waals surface area contributed by atoms with Crippen LogP contribution in [0.4, 0.5) is 5.82 Å². The number of nitrogens with one attached hydrogen (secondary N) is 2. The Morgan fingerprint density at radius 1 is 1.17 bits per heavy atom. The number of amides is 2. The van der Waals surface area contributed by atoms with Gasteiger partial charge in [0.1, 0.15) is 11.6 Å². The molecule has 0 unspecified atom stereocenters. The molecule has 8 heteroatoms. The van der Waals surface area contributed by atoms with Gasteiger partial charge in [-0.05, 0) is 39.7 Å². The largest absolute Gasteiger partial charge is 0.343 e. The summed E-state index contributed by atoms with van der Waals surface area (Å²) in [6, 6.07) is 8.61. The van der Waals surface area contributed by atoms with Gasteiger partial charge >= 0.3 is 0 Å². The number of ketones is 1. The van der Waals surface area contributed by atoms with Crippen LogP contribution < -0.4 is 16.4 Å². The summed E-state index contributed by atoms with van der Waals surface area (Å²) in [5, 5.41) is 5.34. The molecule has 0 bridgehead atoms. The van der Waals surface area contributed by atoms with Crippen LogP contribution in [-0.4, -0.2) is 38.7 Å². The summed E-state index contributed by atoms with van der Waals surface area (Å²) >= 11 is 0. The van der Waals surface area contributed by atoms with E-state index in [0.29, 0.717) is 6.42 Å². The van der Waals surface area contributed by atoms with Crippen molar-refractivity contribution < 1.29 is 14.4 Å². The standard InChI is InChI=1S/C21H29N5O3/c1-6-16(24-19(29)20(3,4)22)18(28)25-17-12-26(13-23-17)21(5,14(2)27)15-10-8-7-9-11-15/h7-13,16H,6,22H2,1-5H3,(H,24,29)(H,25,28)/t16-,21+/m1/s1. The molecule has 156 valence electrons. The molecule has 0 saturated heterocycles. The number of imidazole rings is 1. The topological polar surface area (TPSA) is 119 Å². The maximum Gasteiger partial charge on any atom is 0.248 e. The summed E-state index contributed by atoms with van der Waals surface area (Å²) in [5.74, 6) is -0.598. The van der Waals surface area contributed by atoms with E-state index in [9.17, 15) is 14.4 Å². The van der Waals surface area contributed by atoms with Crippen molar-refractivity contribution in [1.29, 1.82) is 0 Å². The quantitative estimate of drug-likeness (QED) is 0.625. The highest BCUT2D eigenvalue weighted by atomic mass is 16.2. The van der Waals surface area contributed by atoms with Gasteiger partial charge < -0.3 is 20.9 Å². The number of carbonyl (C=O) groups is 3. The van der Waals surface area contributed by atoms with E-state index in [2.05, 4.69) is 15.6 Å². The number of benzene rings is 1. The Morgan fingerprint density at radius 2 is 1.79 bits per heavy atom. The van der Waals surface area contributed by atoms with Crippen LogP contribution >= 0.6 is 0 Å². The van der Waals surface area contributed by atoms with Gasteiger partial charge in [0.05, 0.1) is 11.9 Å². The van der Waals surface area contributed by atoms with E-state index >= 15 is 0 Å². The molecule has 1 heterocycles. The minimum Gasteiger partial charge on any atom is -0.343 e. The second-order valence-electron chi connectivity index (χ2n) is 7.81. The van der Waals surface area contributed by atoms with Gasteiger partial charge in [0.2, 0.25) is 11.8 Å². The maximum atomic E-state index is 12.6. The van der Waals surface area contributed by atoms with Gasteiger partial charge in [-0.3, -0.25) is 14.4 Å². The second-order valence-corrected chi connectivity index (χ2v) is 7.81. The summed E-state index contributed by atoms with van der Waals surface area (Å²) in [6.45, 7) is 8.25. The summed E-state index contributed by atoms with van der Waals surface area (Å²) in [7, 11) is 0. The molecule has 2 rings (SSSR count). The third-order valence-corrected chi connectivity index (χ3v) is 4.99. The van der Waals surface area contributed by atoms with Gasteiger partial charge in [0, 0.05) is 6.20 Å². The summed E-state index contributed by atoms with van der Waals surface area (Å²) in [6.07, 6.45) is 3.50. The Bertz CT molecular complexity index is 885. The first-order valence-corrected chi connectivity index (χ1v) is 9.51. The molecule has 0 aliphatic heterocycles. The molecule has 1 aromatic carbocycles. The fourth-order valence-corrected chi connectivity index (χ4v) is 2.84. The first-order valence-electron chi connectivity index (χ1n) is 9.51. The van der Waals surface area contributed by atoms with Crippen LogP contribution in [0.1, 0.15) is 46.6 Å². The zero-order valence-electron chi connectivity index (χ0n) is 17.5. The SMILES string of the molecule is CC[C@@H](NC(=O)C(C)(C)N)C(=O)Nc1cn([C@@](C)(C(C)=O)c2ccccc2)cn1. The fraction of sp³-hybridized carbons (Fsp3) is 0.429. The molecule has 0 saturated carbocycles. The van der Waals surface area contributed by atoms with E-state index in [1.54, 1.807) is 38.5 Å². The number of nitrogens with two attached hydrogens (primary N) is 1. The predicted octanol–water partition coefficient (Wildman–Crippen LogP) is 1.81. The molecular weight excluding hydrogens is 370 g/mol. The maximum absolute atomic E-state index is 12.6. The molecule has 0 spiro atoms. The lowest BCUT2D eigenvalue weighted by Crippen LogP contribution is -2.54. The van der Waals surface area contributed by atoms with Crippen LogP contribution in [-0.2, 0) is 19.9 Å². The van der Waals surface area contributed by atoms with Crippen LogP contribution in [0.3, 0.4) is 0 Å². The minimum absolute atomic E-state index is 0.0668. The molecule has 0 aliphatic rings. The van der Waals surface area contributed by atoms with Gasteiger partial charge in [-0.2, -0.15) is 0 Å². The van der Waals surface area contributed by atoms with E-state index in [1.165, 1.54) is 13.3 Å². The van der Waals surface area contributed by atoms with Crippen molar-refractivity contribution in [3.8, 4) is 0 Å². The number of aromatic nitrogens is 2. The number of hydrogen-bond acceptors (Lipinski definition) is 5. The highest BCUT2D eigenvalue weighted by Crippen LogP contribution is 2.28. The van der Waals surface area contributed by atoms with Gasteiger partial charge in [-0.25, -0.2) is 4.98 Å². The average molecular weight is 399 g/mol. The number of carbonyl (C=O) groups excluding carboxylic acids is 3. The van der Waals surface area contributed by atoms with Crippen LogP contribution in [0.25, 0.3) is 0 Å². The van der Waals surface area contributed by atoms with Crippen LogP contribution in [0.2, 0.25) is 0 Å². The first-order chi connectivity index (χ1) is 13.5. The van der Waals surface area contributed by atoms with Crippen molar-refractivity contribution in [1.82, 2.24) is 14.9 Å². The zero-order valence-corrected chi connectivity index (χ0v) is 17.5. The van der Waals surface area contributed by atoms with Crippen molar-refractivity contribution in [2.24, 2.45) is 5.73 Å². The number of anilines is 1. The molecule has 0 fully saturated rings. The number of Topliss-reactive ketones (excluding diaryl/α,β-unsaturated/α-hetero) is 1. The molecular formula is C21H29N5O3. The molecule has 4 N–H and O–H groups in total. The lowest BCUT2D eigenvalue weighted by molar-refractivity contribution is -0.129. The zero-order chi connectivity index (χ0) is 21.8. The Hall–Kier alpha value is -3.00. The van der Waals surface area contributed by atoms with Crippen molar-refractivity contribution in [2.75, 3.05) is 5.32 Å². The smallest absolute Gasteiger partial charge is 0.248 e. The van der Waals surface area contributed by atoms with Gasteiger partial charge in [-0.15, -0.1) is 0 Å². The number of nitrogens with zero attached hydrogens (tertiary/aromatic N) is 2. The summed E-state index contributed by atoms with van der Waals surface area (Å²) in [4.78, 5) is 41.4. The van der Waals surface area contributed by atoms with Gasteiger partial charge in [-0.1, -0.05) is 37.3 Å². The van der Waals surface area contributed by atoms with Crippen LogP contribution in [0.5, 0.6) is 0 Å². The molecule has 2 atom stereocenters. The van der Waals surface area contributed by atoms with E-state index in [0.717, 1.165) is 5.56 Å². The molecule has 0 aliphatic carbocycles. The van der Waals surface area contributed by atoms with Crippen LogP contribution in [0.15, 0.2) is 42.9 Å². The average Bonchev–Trinajstić information content (AvgIpc) is 3.13. The Labute approximate surface area is 170 Å². The van der Waals surface area contributed by atoms with Crippen LogP contribution in [0, 0.1) is 0 Å². The van der Waals surface area contributed by atoms with Crippen molar-refractivity contribution in [2.45, 2.75) is 58.2 Å². The molecule has 1 aromatic heterocycles. The van der Waals surface area contributed by atoms with Gasteiger partial charge in [0.25, 0.3) is 0 Å². The van der Waals surface area contributed by atoms with E-state index < -0.39 is 28.9 Å². The highest BCUT2D eigenvalue weighted by molar-refractivity contribution is 5.98. The summed E-state index contributed by atoms with van der Waals surface area (Å²) in [5.41, 5.74) is 4.54. The lowest BCUT2D eigenvalue weighted by atomic mass is 9.88. The predicted molar refractivity (Wildman–Crippen MR) is 111 cm³/mol. The van der Waals surface area contributed by atoms with E-state index in [4.69, 9.17) is 5.73 Å². The van der Waals surface area contributed by atoms with Crippen molar-refractivity contribution >= 4 is 23.4 Å². The second kappa shape index (κ2) is 8.57. The van der Waals surface area contributed by atoms with E-state index in [1.807, 2.05) is 30.3 Å². The third kappa shape index (κ3) is 4.89. The van der Waals surface area contributed by atoms with Crippen molar-refractivity contribution in [3.63, 3.8) is 0 Å². The molecule has 2 amide bonds. The first kappa shape index (κ1) is 22.3. The Balaban J connectivity index is 2.21. The van der Waals surface area contributed by atoms with Gasteiger partial charge in [0.15, 0.2) is 11.6 Å². The van der Waals surface area contributed by atoms with Crippen molar-refractivity contribution in [3.05, 3.63) is 48.4 Å². The summed E-state index contributed by atoms with van der Waals surface area (Å²) < 4.78 is 1.67. The Kier molecular flexibility index (Phi) is 6.58. The molecule has 8 nitrogen and oxygen atoms in total. The third-order valence-electron chi connectivity index (χ3n) is 4.99.